The fraction of sp³-hybridized carbons (Fsp3) is 0.417. The third kappa shape index (κ3) is 2.78. The summed E-state index contributed by atoms with van der Waals surface area (Å²) in [4.78, 5) is 32.6. The van der Waals surface area contributed by atoms with E-state index in [0.717, 1.165) is 6.42 Å². The maximum atomic E-state index is 11.5. The molecule has 0 atom stereocenters. The van der Waals surface area contributed by atoms with Crippen LogP contribution in [0.15, 0.2) is 24.3 Å². The second kappa shape index (κ2) is 4.65. The Morgan fingerprint density at radius 1 is 1.29 bits per heavy atom. The normalized spacial score (nSPS) is 28.8. The van der Waals surface area contributed by atoms with Gasteiger partial charge in [-0.25, -0.2) is 0 Å². The van der Waals surface area contributed by atoms with Gasteiger partial charge in [0.15, 0.2) is 0 Å². The van der Waals surface area contributed by atoms with E-state index in [1.807, 2.05) is 0 Å². The summed E-state index contributed by atoms with van der Waals surface area (Å²) in [5.74, 6) is -2.28. The van der Waals surface area contributed by atoms with E-state index >= 15 is 0 Å². The molecular weight excluding hydrogens is 311 g/mol. The molecular formula is C12H12O4Rh. The minimum absolute atomic E-state index is 0.00125. The Hall–Kier alpha value is -1.09. The van der Waals surface area contributed by atoms with E-state index in [9.17, 15) is 14.4 Å². The first-order valence-corrected chi connectivity index (χ1v) is 7.20. The van der Waals surface area contributed by atoms with E-state index in [4.69, 9.17) is 5.11 Å². The van der Waals surface area contributed by atoms with Crippen molar-refractivity contribution in [2.24, 2.45) is 5.92 Å². The number of carboxylic acids is 1. The minimum atomic E-state index is -1.52. The van der Waals surface area contributed by atoms with Crippen LogP contribution in [0.3, 0.4) is 0 Å². The molecule has 17 heavy (non-hydrogen) atoms. The van der Waals surface area contributed by atoms with Crippen LogP contribution in [0.1, 0.15) is 12.8 Å². The maximum absolute atomic E-state index is 11.5. The Balaban J connectivity index is 1.81. The molecule has 93 valence electrons. The van der Waals surface area contributed by atoms with Gasteiger partial charge < -0.3 is 0 Å². The molecule has 2 aliphatic carbocycles. The van der Waals surface area contributed by atoms with Gasteiger partial charge in [-0.05, 0) is 0 Å². The van der Waals surface area contributed by atoms with Crippen LogP contribution in [0, 0.1) is 5.92 Å². The second-order valence-corrected chi connectivity index (χ2v) is 6.84. The van der Waals surface area contributed by atoms with Crippen LogP contribution in [0.2, 0.25) is 9.02 Å². The number of fused-ring (bicyclic) bond motifs is 2. The molecule has 0 heterocycles. The van der Waals surface area contributed by atoms with Gasteiger partial charge in [0.2, 0.25) is 0 Å². The summed E-state index contributed by atoms with van der Waals surface area (Å²) in [6, 6.07) is 0. The van der Waals surface area contributed by atoms with Crippen molar-refractivity contribution in [2.75, 3.05) is 0 Å². The molecule has 0 aromatic heterocycles. The SMILES string of the molecule is O=C([CH2][Rh][C]12C=CC(C=C1)C2)CC(=O)C(=O)O. The van der Waals surface area contributed by atoms with E-state index in [1.54, 1.807) is 0 Å². The fourth-order valence-electron chi connectivity index (χ4n) is 1.90. The molecule has 2 aliphatic rings. The standard InChI is InChI=1S/C7H7.C5H5O4.Rh/c1-2-7-4-3-6(1)5-7;1-3(6)2-4(7)5(8)9;/h1-4,6H,5H2;1-2H2,(H,8,9);. The van der Waals surface area contributed by atoms with Crippen molar-refractivity contribution in [3.63, 3.8) is 0 Å². The number of ketones is 2. The summed E-state index contributed by atoms with van der Waals surface area (Å²) in [5.41, 5.74) is 0. The van der Waals surface area contributed by atoms with Gasteiger partial charge in [-0.2, -0.15) is 0 Å². The average molecular weight is 323 g/mol. The Bertz CT molecular complexity index is 422. The zero-order chi connectivity index (χ0) is 12.5. The first-order valence-electron chi connectivity index (χ1n) is 5.22. The molecule has 0 saturated carbocycles. The number of rotatable bonds is 6. The van der Waals surface area contributed by atoms with E-state index in [2.05, 4.69) is 24.3 Å². The average Bonchev–Trinajstić information content (AvgIpc) is 2.87. The van der Waals surface area contributed by atoms with Gasteiger partial charge in [-0.15, -0.1) is 0 Å². The van der Waals surface area contributed by atoms with Crippen molar-refractivity contribution in [3.05, 3.63) is 24.3 Å². The third-order valence-electron chi connectivity index (χ3n) is 2.77. The molecule has 5 heteroatoms. The zero-order valence-electron chi connectivity index (χ0n) is 9.01. The number of allylic oxidation sites excluding steroid dienone is 4. The Labute approximate surface area is 106 Å². The van der Waals surface area contributed by atoms with Crippen molar-refractivity contribution >= 4 is 17.5 Å². The number of hydrogen-bond acceptors (Lipinski definition) is 3. The number of carbonyl (C=O) groups excluding carboxylic acids is 2. The predicted molar refractivity (Wildman–Crippen MR) is 56.2 cm³/mol. The number of aliphatic carboxylic acids is 1. The molecule has 0 unspecified atom stereocenters. The summed E-state index contributed by atoms with van der Waals surface area (Å²) in [7, 11) is 0. The van der Waals surface area contributed by atoms with Gasteiger partial charge in [0.05, 0.1) is 0 Å². The van der Waals surface area contributed by atoms with Crippen molar-refractivity contribution in [2.45, 2.75) is 21.9 Å². The van der Waals surface area contributed by atoms with E-state index in [0.29, 0.717) is 10.9 Å². The number of carboxylic acid groups (broad SMARTS) is 1. The van der Waals surface area contributed by atoms with Crippen LogP contribution >= 0.6 is 0 Å². The molecule has 0 saturated heterocycles. The molecule has 0 aliphatic heterocycles. The summed E-state index contributed by atoms with van der Waals surface area (Å²) in [6.45, 7) is 0. The fourth-order valence-corrected chi connectivity index (χ4v) is 4.29. The van der Waals surface area contributed by atoms with Gasteiger partial charge in [0, 0.05) is 0 Å². The van der Waals surface area contributed by atoms with Gasteiger partial charge in [-0.3, -0.25) is 0 Å². The second-order valence-electron chi connectivity index (χ2n) is 4.15. The van der Waals surface area contributed by atoms with Crippen LogP contribution in [0.5, 0.6) is 0 Å². The van der Waals surface area contributed by atoms with Gasteiger partial charge in [0.25, 0.3) is 0 Å². The molecule has 2 bridgehead atoms. The predicted octanol–water partition coefficient (Wildman–Crippen LogP) is 1.40. The molecule has 1 N–H and O–H groups in total. The van der Waals surface area contributed by atoms with Gasteiger partial charge in [-0.1, -0.05) is 0 Å². The van der Waals surface area contributed by atoms with Crippen molar-refractivity contribution < 1.29 is 36.6 Å². The zero-order valence-corrected chi connectivity index (χ0v) is 10.7. The van der Waals surface area contributed by atoms with E-state index in [-0.39, 0.29) is 26.9 Å². The molecule has 0 aromatic rings. The summed E-state index contributed by atoms with van der Waals surface area (Å²) in [5, 5.41) is 8.73. The van der Waals surface area contributed by atoms with Crippen molar-refractivity contribution in [3.8, 4) is 0 Å². The first-order chi connectivity index (χ1) is 8.01. The molecule has 0 amide bonds. The van der Waals surface area contributed by atoms with Crippen LogP contribution in [0.25, 0.3) is 0 Å². The number of Topliss-reactive ketones (excluding diaryl/α,β-unsaturated/α-hetero) is 2. The Morgan fingerprint density at radius 3 is 2.41 bits per heavy atom. The van der Waals surface area contributed by atoms with Crippen LogP contribution in [-0.2, 0) is 31.5 Å². The molecule has 0 aromatic carbocycles. The van der Waals surface area contributed by atoms with E-state index in [1.165, 1.54) is 0 Å². The van der Waals surface area contributed by atoms with Gasteiger partial charge in [0.1, 0.15) is 0 Å². The molecule has 0 spiro atoms. The summed E-state index contributed by atoms with van der Waals surface area (Å²) < 4.78 is 0.0488. The molecule has 4 nitrogen and oxygen atoms in total. The van der Waals surface area contributed by atoms with Crippen molar-refractivity contribution in [1.82, 2.24) is 0 Å². The quantitative estimate of drug-likeness (QED) is 0.347. The van der Waals surface area contributed by atoms with Crippen molar-refractivity contribution in [1.29, 1.82) is 0 Å². The van der Waals surface area contributed by atoms with E-state index < -0.39 is 18.2 Å². The molecule has 2 rings (SSSR count). The van der Waals surface area contributed by atoms with Crippen LogP contribution in [-0.4, -0.2) is 22.6 Å². The Morgan fingerprint density at radius 2 is 1.94 bits per heavy atom. The number of hydrogen-bond donors (Lipinski definition) is 1. The topological polar surface area (TPSA) is 71.4 Å². The van der Waals surface area contributed by atoms with Gasteiger partial charge >= 0.3 is 106 Å². The van der Waals surface area contributed by atoms with Crippen LogP contribution < -0.4 is 0 Å². The molecule has 0 radical (unpaired) electrons. The van der Waals surface area contributed by atoms with Crippen LogP contribution in [0.4, 0.5) is 0 Å². The monoisotopic (exact) mass is 323 g/mol. The first kappa shape index (κ1) is 12.4. The summed E-state index contributed by atoms with van der Waals surface area (Å²) >= 11 is -0.00125. The third-order valence-corrected chi connectivity index (χ3v) is 5.67. The molecule has 0 fully saturated rings. The number of carbonyl (C=O) groups is 3. The summed E-state index contributed by atoms with van der Waals surface area (Å²) in [6.07, 6.45) is 9.16. The Kier molecular flexibility index (Phi) is 3.39.